The van der Waals surface area contributed by atoms with Crippen LogP contribution in [0.5, 0.6) is 0 Å². The zero-order valence-corrected chi connectivity index (χ0v) is 15.8. The first-order valence-corrected chi connectivity index (χ1v) is 9.32. The Hall–Kier alpha value is -1.63. The zero-order chi connectivity index (χ0) is 19.4. The van der Waals surface area contributed by atoms with Crippen LogP contribution in [0, 0.1) is 11.8 Å². The van der Waals surface area contributed by atoms with Gasteiger partial charge in [-0.05, 0) is 39.0 Å². The fourth-order valence-corrected chi connectivity index (χ4v) is 3.49. The summed E-state index contributed by atoms with van der Waals surface area (Å²) in [4.78, 5) is 21.3. The van der Waals surface area contributed by atoms with Crippen LogP contribution in [0.25, 0.3) is 0 Å². The molecule has 0 spiro atoms. The molecule has 1 aromatic rings. The average molecular weight is 369 g/mol. The van der Waals surface area contributed by atoms with Crippen LogP contribution in [0.4, 0.5) is 14.6 Å². The predicted octanol–water partition coefficient (Wildman–Crippen LogP) is 3.91. The van der Waals surface area contributed by atoms with Gasteiger partial charge in [-0.2, -0.15) is 0 Å². The fourth-order valence-electron chi connectivity index (χ4n) is 3.49. The number of unbranched alkanes of at least 4 members (excludes halogenated alkanes) is 1. The normalized spacial score (nSPS) is 22.8. The van der Waals surface area contributed by atoms with Gasteiger partial charge in [0.2, 0.25) is 6.41 Å². The molecule has 2 atom stereocenters. The van der Waals surface area contributed by atoms with E-state index >= 15 is 0 Å². The van der Waals surface area contributed by atoms with E-state index in [1.165, 1.54) is 17.3 Å². The molecule has 0 radical (unpaired) electrons. The molecule has 1 aliphatic rings. The van der Waals surface area contributed by atoms with E-state index in [2.05, 4.69) is 9.97 Å². The number of anilines is 1. The summed E-state index contributed by atoms with van der Waals surface area (Å²) in [5.74, 6) is -2.82. The van der Waals surface area contributed by atoms with Gasteiger partial charge in [-0.3, -0.25) is 14.7 Å². The summed E-state index contributed by atoms with van der Waals surface area (Å²) < 4.78 is 28.3. The second kappa shape index (κ2) is 8.37. The van der Waals surface area contributed by atoms with Crippen LogP contribution in [0.1, 0.15) is 65.0 Å². The Balaban J connectivity index is 2.04. The second-order valence-corrected chi connectivity index (χ2v) is 7.82. The molecule has 5 nitrogen and oxygen atoms in total. The third-order valence-corrected chi connectivity index (χ3v) is 5.15. The lowest BCUT2D eigenvalue weighted by atomic mass is 9.76. The molecular formula is C19H29F2N3O2. The van der Waals surface area contributed by atoms with Crippen LogP contribution in [-0.2, 0) is 10.4 Å². The van der Waals surface area contributed by atoms with Gasteiger partial charge in [0, 0.05) is 18.9 Å². The van der Waals surface area contributed by atoms with Gasteiger partial charge in [-0.15, -0.1) is 0 Å². The summed E-state index contributed by atoms with van der Waals surface area (Å²) in [5, 5.41) is 9.93. The van der Waals surface area contributed by atoms with E-state index in [1.54, 1.807) is 13.8 Å². The SMILES string of the molecule is CCCCC1CC(CN(C=O)c2cnc(C(C)(C)O)cn2)CCC1(F)F. The van der Waals surface area contributed by atoms with Crippen molar-refractivity contribution in [3.63, 3.8) is 0 Å². The smallest absolute Gasteiger partial charge is 0.250 e. The van der Waals surface area contributed by atoms with Gasteiger partial charge < -0.3 is 5.11 Å². The number of amides is 1. The number of halogens is 2. The predicted molar refractivity (Wildman–Crippen MR) is 96.0 cm³/mol. The maximum atomic E-state index is 14.1. The molecule has 1 heterocycles. The Bertz CT molecular complexity index is 587. The summed E-state index contributed by atoms with van der Waals surface area (Å²) in [7, 11) is 0. The average Bonchev–Trinajstić information content (AvgIpc) is 2.59. The van der Waals surface area contributed by atoms with Crippen molar-refractivity contribution in [2.75, 3.05) is 11.4 Å². The monoisotopic (exact) mass is 369 g/mol. The Kier molecular flexibility index (Phi) is 6.66. The quantitative estimate of drug-likeness (QED) is 0.706. The molecule has 0 saturated heterocycles. The molecular weight excluding hydrogens is 340 g/mol. The van der Waals surface area contributed by atoms with Crippen molar-refractivity contribution in [2.45, 2.75) is 70.8 Å². The van der Waals surface area contributed by atoms with Crippen molar-refractivity contribution in [3.8, 4) is 0 Å². The number of hydrogen-bond donors (Lipinski definition) is 1. The molecule has 1 N–H and O–H groups in total. The van der Waals surface area contributed by atoms with Crippen LogP contribution < -0.4 is 4.90 Å². The third kappa shape index (κ3) is 5.19. The first-order valence-electron chi connectivity index (χ1n) is 9.32. The summed E-state index contributed by atoms with van der Waals surface area (Å²) >= 11 is 0. The summed E-state index contributed by atoms with van der Waals surface area (Å²) in [5.41, 5.74) is -0.706. The maximum absolute atomic E-state index is 14.1. The van der Waals surface area contributed by atoms with Gasteiger partial charge >= 0.3 is 0 Å². The van der Waals surface area contributed by atoms with Crippen LogP contribution in [0.15, 0.2) is 12.4 Å². The first kappa shape index (κ1) is 20.7. The molecule has 146 valence electrons. The molecule has 2 unspecified atom stereocenters. The molecule has 1 aliphatic carbocycles. The number of aliphatic hydroxyl groups is 1. The van der Waals surface area contributed by atoms with E-state index in [-0.39, 0.29) is 12.3 Å². The minimum atomic E-state index is -2.61. The highest BCUT2D eigenvalue weighted by Crippen LogP contribution is 2.43. The lowest BCUT2D eigenvalue weighted by Crippen LogP contribution is -2.39. The molecule has 26 heavy (non-hydrogen) atoms. The molecule has 0 bridgehead atoms. The molecule has 2 rings (SSSR count). The minimum Gasteiger partial charge on any atom is -0.384 e. The fraction of sp³-hybridized carbons (Fsp3) is 0.737. The molecule has 1 aromatic heterocycles. The van der Waals surface area contributed by atoms with E-state index in [4.69, 9.17) is 0 Å². The lowest BCUT2D eigenvalue weighted by molar-refractivity contribution is -0.108. The summed E-state index contributed by atoms with van der Waals surface area (Å²) in [6.45, 7) is 5.57. The van der Waals surface area contributed by atoms with Crippen molar-refractivity contribution >= 4 is 12.2 Å². The van der Waals surface area contributed by atoms with E-state index < -0.39 is 17.4 Å². The third-order valence-electron chi connectivity index (χ3n) is 5.15. The van der Waals surface area contributed by atoms with Gasteiger partial charge in [-0.25, -0.2) is 13.8 Å². The number of aromatic nitrogens is 2. The number of alkyl halides is 2. The number of carbonyl (C=O) groups is 1. The van der Waals surface area contributed by atoms with Crippen LogP contribution in [-0.4, -0.2) is 34.0 Å². The van der Waals surface area contributed by atoms with E-state index in [9.17, 15) is 18.7 Å². The van der Waals surface area contributed by atoms with Crippen LogP contribution in [0.2, 0.25) is 0 Å². The number of nitrogens with zero attached hydrogens (tertiary/aromatic N) is 3. The Labute approximate surface area is 153 Å². The Morgan fingerprint density at radius 3 is 2.65 bits per heavy atom. The van der Waals surface area contributed by atoms with Crippen molar-refractivity contribution in [1.29, 1.82) is 0 Å². The Morgan fingerprint density at radius 1 is 1.38 bits per heavy atom. The standard InChI is InChI=1S/C19H29F2N3O2/c1-4-5-6-15-9-14(7-8-19(15,20)21)12-24(13-25)17-11-22-16(10-23-17)18(2,3)26/h10-11,13-15,26H,4-9,12H2,1-3H3. The highest BCUT2D eigenvalue weighted by atomic mass is 19.3. The maximum Gasteiger partial charge on any atom is 0.250 e. The van der Waals surface area contributed by atoms with E-state index in [0.29, 0.717) is 43.7 Å². The van der Waals surface area contributed by atoms with Gasteiger partial charge in [0.05, 0.1) is 18.1 Å². The topological polar surface area (TPSA) is 66.3 Å². The number of rotatable bonds is 8. The second-order valence-electron chi connectivity index (χ2n) is 7.82. The molecule has 0 aromatic carbocycles. The van der Waals surface area contributed by atoms with Crippen molar-refractivity contribution < 1.29 is 18.7 Å². The van der Waals surface area contributed by atoms with E-state index in [1.807, 2.05) is 6.92 Å². The number of hydrogen-bond acceptors (Lipinski definition) is 4. The molecule has 1 fully saturated rings. The first-order chi connectivity index (χ1) is 12.2. The zero-order valence-electron chi connectivity index (χ0n) is 15.8. The van der Waals surface area contributed by atoms with E-state index in [0.717, 1.165) is 12.8 Å². The number of carbonyl (C=O) groups excluding carboxylic acids is 1. The van der Waals surface area contributed by atoms with Crippen LogP contribution >= 0.6 is 0 Å². The minimum absolute atomic E-state index is 0.0254. The van der Waals surface area contributed by atoms with Crippen LogP contribution in [0.3, 0.4) is 0 Å². The Morgan fingerprint density at radius 2 is 2.12 bits per heavy atom. The van der Waals surface area contributed by atoms with Crippen molar-refractivity contribution in [2.24, 2.45) is 11.8 Å². The van der Waals surface area contributed by atoms with Gasteiger partial charge in [-0.1, -0.05) is 19.8 Å². The summed E-state index contributed by atoms with van der Waals surface area (Å²) in [6.07, 6.45) is 6.47. The van der Waals surface area contributed by atoms with Gasteiger partial charge in [0.15, 0.2) is 5.82 Å². The molecule has 0 aliphatic heterocycles. The van der Waals surface area contributed by atoms with Gasteiger partial charge in [0.25, 0.3) is 5.92 Å². The summed E-state index contributed by atoms with van der Waals surface area (Å²) in [6, 6.07) is 0. The molecule has 7 heteroatoms. The highest BCUT2D eigenvalue weighted by Gasteiger charge is 2.44. The van der Waals surface area contributed by atoms with Crippen molar-refractivity contribution in [3.05, 3.63) is 18.1 Å². The van der Waals surface area contributed by atoms with Crippen molar-refractivity contribution in [1.82, 2.24) is 9.97 Å². The largest absolute Gasteiger partial charge is 0.384 e. The molecule has 1 saturated carbocycles. The molecule has 1 amide bonds. The van der Waals surface area contributed by atoms with Gasteiger partial charge in [0.1, 0.15) is 5.60 Å². The lowest BCUT2D eigenvalue weighted by Gasteiger charge is -2.37. The highest BCUT2D eigenvalue weighted by molar-refractivity contribution is 5.72.